The number of carbonyl (C=O) groups is 4. The molecule has 8 nitrogen and oxygen atoms in total. The molecule has 0 bridgehead atoms. The summed E-state index contributed by atoms with van der Waals surface area (Å²) in [4.78, 5) is 49.9. The third kappa shape index (κ3) is 3.89. The largest absolute Gasteiger partial charge is 0.294 e. The van der Waals surface area contributed by atoms with Crippen LogP contribution in [0, 0.1) is 0 Å². The van der Waals surface area contributed by atoms with Gasteiger partial charge in [-0.05, 0) is 13.3 Å². The lowest BCUT2D eigenvalue weighted by Crippen LogP contribution is -2.62. The topological polar surface area (TPSA) is 98.8 Å². The lowest BCUT2D eigenvalue weighted by atomic mass is 9.99. The van der Waals surface area contributed by atoms with Gasteiger partial charge in [0.2, 0.25) is 23.6 Å². The Bertz CT molecular complexity index is 461. The van der Waals surface area contributed by atoms with Gasteiger partial charge in [0.05, 0.1) is 26.2 Å². The molecule has 2 fully saturated rings. The molecule has 4 amide bonds. The summed E-state index contributed by atoms with van der Waals surface area (Å²) in [7, 11) is 0. The van der Waals surface area contributed by atoms with Gasteiger partial charge in [-0.3, -0.25) is 39.6 Å². The number of hydrogen-bond acceptors (Lipinski definition) is 6. The maximum Gasteiger partial charge on any atom is 0.240 e. The normalized spacial score (nSPS) is 23.9. The van der Waals surface area contributed by atoms with Crippen molar-refractivity contribution in [3.63, 3.8) is 0 Å². The van der Waals surface area contributed by atoms with E-state index >= 15 is 0 Å². The van der Waals surface area contributed by atoms with Gasteiger partial charge in [-0.15, -0.1) is 0 Å². The van der Waals surface area contributed by atoms with Crippen molar-refractivity contribution < 1.29 is 19.2 Å². The molecule has 0 aromatic carbocycles. The predicted molar refractivity (Wildman–Crippen MR) is 77.6 cm³/mol. The number of hydrogen-bond donors (Lipinski definition) is 2. The maximum absolute atomic E-state index is 11.6. The number of piperazine rings is 2. The minimum absolute atomic E-state index is 0.0568. The summed E-state index contributed by atoms with van der Waals surface area (Å²) in [5.41, 5.74) is 0. The Balaban J connectivity index is 2.12. The molecule has 122 valence electrons. The number of rotatable bonds is 5. The average molecular weight is 310 g/mol. The van der Waals surface area contributed by atoms with E-state index in [1.165, 1.54) is 0 Å². The molecule has 2 aliphatic heterocycles. The van der Waals surface area contributed by atoms with E-state index in [1.54, 1.807) is 4.90 Å². The molecule has 2 saturated heterocycles. The summed E-state index contributed by atoms with van der Waals surface area (Å²) in [6.45, 7) is 4.59. The first-order valence-electron chi connectivity index (χ1n) is 7.54. The molecule has 0 unspecified atom stereocenters. The van der Waals surface area contributed by atoms with Crippen molar-refractivity contribution in [3.8, 4) is 0 Å². The molecular weight excluding hydrogens is 288 g/mol. The van der Waals surface area contributed by atoms with Gasteiger partial charge in [0.15, 0.2) is 0 Å². The Labute approximate surface area is 129 Å². The number of carbonyl (C=O) groups excluding carboxylic acids is 4. The average Bonchev–Trinajstić information content (AvgIpc) is 2.41. The molecule has 0 radical (unpaired) electrons. The molecule has 0 aromatic heterocycles. The molecule has 2 atom stereocenters. The quantitative estimate of drug-likeness (QED) is 0.597. The molecule has 0 spiro atoms. The molecule has 2 aliphatic rings. The fourth-order valence-corrected chi connectivity index (χ4v) is 3.11. The maximum atomic E-state index is 11.6. The van der Waals surface area contributed by atoms with Gasteiger partial charge in [-0.2, -0.15) is 0 Å². The smallest absolute Gasteiger partial charge is 0.240 e. The van der Waals surface area contributed by atoms with E-state index in [9.17, 15) is 19.2 Å². The molecule has 0 saturated carbocycles. The minimum atomic E-state index is -0.314. The molecular formula is C14H22N4O4. The Morgan fingerprint density at radius 2 is 1.27 bits per heavy atom. The highest BCUT2D eigenvalue weighted by Crippen LogP contribution is 2.18. The second-order valence-corrected chi connectivity index (χ2v) is 5.85. The molecule has 2 N–H and O–H groups in total. The van der Waals surface area contributed by atoms with Crippen LogP contribution < -0.4 is 10.6 Å². The summed E-state index contributed by atoms with van der Waals surface area (Å²) in [5.74, 6) is -1.24. The summed E-state index contributed by atoms with van der Waals surface area (Å²) < 4.78 is 0. The summed E-state index contributed by atoms with van der Waals surface area (Å²) in [6, 6.07) is -0.160. The van der Waals surface area contributed by atoms with Crippen LogP contribution in [0.25, 0.3) is 0 Å². The summed E-state index contributed by atoms with van der Waals surface area (Å²) in [6.07, 6.45) is 1.67. The fourth-order valence-electron chi connectivity index (χ4n) is 3.11. The van der Waals surface area contributed by atoms with Gasteiger partial charge in [0.1, 0.15) is 0 Å². The van der Waals surface area contributed by atoms with Crippen LogP contribution >= 0.6 is 0 Å². The first-order valence-corrected chi connectivity index (χ1v) is 7.54. The summed E-state index contributed by atoms with van der Waals surface area (Å²) in [5, 5.41) is 4.56. The number of nitrogens with one attached hydrogen (secondary N) is 2. The number of amides is 4. The second-order valence-electron chi connectivity index (χ2n) is 5.85. The highest BCUT2D eigenvalue weighted by molar-refractivity contribution is 6.00. The van der Waals surface area contributed by atoms with E-state index < -0.39 is 0 Å². The zero-order valence-corrected chi connectivity index (χ0v) is 12.9. The van der Waals surface area contributed by atoms with Gasteiger partial charge in [0, 0.05) is 12.1 Å². The summed E-state index contributed by atoms with van der Waals surface area (Å²) >= 11 is 0. The number of nitrogens with zero attached hydrogens (tertiary/aromatic N) is 2. The monoisotopic (exact) mass is 310 g/mol. The van der Waals surface area contributed by atoms with Crippen LogP contribution in [0.5, 0.6) is 0 Å². The van der Waals surface area contributed by atoms with Crippen molar-refractivity contribution in [3.05, 3.63) is 0 Å². The van der Waals surface area contributed by atoms with E-state index in [0.717, 1.165) is 12.8 Å². The third-order valence-corrected chi connectivity index (χ3v) is 4.13. The third-order valence-electron chi connectivity index (χ3n) is 4.13. The van der Waals surface area contributed by atoms with Crippen molar-refractivity contribution in [1.82, 2.24) is 20.4 Å². The van der Waals surface area contributed by atoms with Crippen molar-refractivity contribution >= 4 is 23.6 Å². The standard InChI is InChI=1S/C14H22N4O4/c1-3-4-10(18-7-13(21)16-14(22)8-18)9(2)17-5-11(19)15-12(20)6-17/h9-10H,3-8H2,1-2H3,(H,15,19,20)(H,16,21,22)/t9-,10+/m0/s1. The van der Waals surface area contributed by atoms with Crippen LogP contribution in [0.1, 0.15) is 26.7 Å². The van der Waals surface area contributed by atoms with Crippen molar-refractivity contribution in [2.24, 2.45) is 0 Å². The van der Waals surface area contributed by atoms with Crippen molar-refractivity contribution in [2.75, 3.05) is 26.2 Å². The van der Waals surface area contributed by atoms with Crippen LogP contribution in [0.15, 0.2) is 0 Å². The van der Waals surface area contributed by atoms with Gasteiger partial charge in [-0.25, -0.2) is 0 Å². The second kappa shape index (κ2) is 6.97. The zero-order chi connectivity index (χ0) is 16.3. The Hall–Kier alpha value is -1.80. The van der Waals surface area contributed by atoms with Gasteiger partial charge >= 0.3 is 0 Å². The SMILES string of the molecule is CCC[C@H]([C@H](C)N1CC(=O)NC(=O)C1)N1CC(=O)NC(=O)C1. The number of imide groups is 2. The van der Waals surface area contributed by atoms with E-state index in [-0.39, 0.29) is 61.9 Å². The van der Waals surface area contributed by atoms with Crippen LogP contribution in [-0.2, 0) is 19.2 Å². The predicted octanol–water partition coefficient (Wildman–Crippen LogP) is -1.54. The minimum Gasteiger partial charge on any atom is -0.294 e. The van der Waals surface area contributed by atoms with Crippen molar-refractivity contribution in [2.45, 2.75) is 38.8 Å². The molecule has 2 heterocycles. The Morgan fingerprint density at radius 3 is 1.68 bits per heavy atom. The van der Waals surface area contributed by atoms with Crippen LogP contribution in [-0.4, -0.2) is 71.7 Å². The lowest BCUT2D eigenvalue weighted by Gasteiger charge is -2.42. The van der Waals surface area contributed by atoms with Crippen LogP contribution in [0.4, 0.5) is 0 Å². The highest BCUT2D eigenvalue weighted by Gasteiger charge is 2.36. The first-order chi connectivity index (χ1) is 10.4. The zero-order valence-electron chi connectivity index (χ0n) is 12.9. The highest BCUT2D eigenvalue weighted by atomic mass is 16.2. The fraction of sp³-hybridized carbons (Fsp3) is 0.714. The molecule has 0 aromatic rings. The van der Waals surface area contributed by atoms with E-state index in [2.05, 4.69) is 10.6 Å². The molecule has 2 rings (SSSR count). The van der Waals surface area contributed by atoms with Crippen molar-refractivity contribution in [1.29, 1.82) is 0 Å². The van der Waals surface area contributed by atoms with Gasteiger partial charge < -0.3 is 0 Å². The van der Waals surface area contributed by atoms with Crippen LogP contribution in [0.2, 0.25) is 0 Å². The van der Waals surface area contributed by atoms with Crippen LogP contribution in [0.3, 0.4) is 0 Å². The Morgan fingerprint density at radius 1 is 0.864 bits per heavy atom. The Kier molecular flexibility index (Phi) is 5.25. The van der Waals surface area contributed by atoms with Gasteiger partial charge in [0.25, 0.3) is 0 Å². The van der Waals surface area contributed by atoms with E-state index in [0.29, 0.717) is 0 Å². The first kappa shape index (κ1) is 16.6. The molecule has 22 heavy (non-hydrogen) atoms. The lowest BCUT2D eigenvalue weighted by molar-refractivity contribution is -0.142. The van der Waals surface area contributed by atoms with E-state index in [4.69, 9.17) is 0 Å². The molecule has 8 heteroatoms. The van der Waals surface area contributed by atoms with E-state index in [1.807, 2.05) is 18.7 Å². The molecule has 0 aliphatic carbocycles. The van der Waals surface area contributed by atoms with Gasteiger partial charge in [-0.1, -0.05) is 13.3 Å².